The van der Waals surface area contributed by atoms with Gasteiger partial charge in [0.2, 0.25) is 6.23 Å². The van der Waals surface area contributed by atoms with Crippen molar-refractivity contribution >= 4 is 6.16 Å². The Hall–Kier alpha value is -1.66. The second-order valence-corrected chi connectivity index (χ2v) is 4.10. The normalized spacial score (nSPS) is 18.6. The van der Waals surface area contributed by atoms with Crippen LogP contribution in [0.4, 0.5) is 4.79 Å². The molecule has 7 nitrogen and oxygen atoms in total. The molecule has 0 bridgehead atoms. The van der Waals surface area contributed by atoms with E-state index in [0.29, 0.717) is 0 Å². The molecular formula is C10H16N4O3. The van der Waals surface area contributed by atoms with E-state index in [0.717, 1.165) is 25.7 Å². The van der Waals surface area contributed by atoms with Gasteiger partial charge in [0, 0.05) is 0 Å². The fraction of sp³-hybridized carbons (Fsp3) is 0.800. The van der Waals surface area contributed by atoms with Gasteiger partial charge in [-0.25, -0.2) is 4.79 Å². The fourth-order valence-electron chi connectivity index (χ4n) is 1.87. The van der Waals surface area contributed by atoms with E-state index in [-0.39, 0.29) is 6.10 Å². The second-order valence-electron chi connectivity index (χ2n) is 4.10. The van der Waals surface area contributed by atoms with Crippen molar-refractivity contribution in [3.63, 3.8) is 0 Å². The largest absolute Gasteiger partial charge is 0.510 e. The Morgan fingerprint density at radius 2 is 2.18 bits per heavy atom. The number of rotatable bonds is 3. The number of nitrogens with zero attached hydrogens (tertiary/aromatic N) is 4. The number of tetrazole rings is 1. The first-order valence-corrected chi connectivity index (χ1v) is 5.85. The average molecular weight is 240 g/mol. The van der Waals surface area contributed by atoms with Gasteiger partial charge in [-0.2, -0.15) is 0 Å². The summed E-state index contributed by atoms with van der Waals surface area (Å²) < 4.78 is 10.2. The number of aromatic nitrogens is 4. The molecular weight excluding hydrogens is 224 g/mol. The minimum Gasteiger partial charge on any atom is -0.431 e. The monoisotopic (exact) mass is 240 g/mol. The third-order valence-electron chi connectivity index (χ3n) is 2.77. The second kappa shape index (κ2) is 5.60. The molecule has 2 rings (SSSR count). The Balaban J connectivity index is 1.76. The Kier molecular flexibility index (Phi) is 3.89. The van der Waals surface area contributed by atoms with Crippen molar-refractivity contribution in [3.05, 3.63) is 6.33 Å². The standard InChI is InChI=1S/C10H16N4O3/c1-8(14-12-7-11-13-14)16-10(15)17-9-5-3-2-4-6-9/h7-9H,2-6H2,1H3. The molecule has 1 aliphatic carbocycles. The molecule has 1 heterocycles. The summed E-state index contributed by atoms with van der Waals surface area (Å²) in [7, 11) is 0. The van der Waals surface area contributed by atoms with E-state index < -0.39 is 12.4 Å². The number of hydrogen-bond donors (Lipinski definition) is 0. The fourth-order valence-corrected chi connectivity index (χ4v) is 1.87. The molecule has 0 radical (unpaired) electrons. The summed E-state index contributed by atoms with van der Waals surface area (Å²) in [6.07, 6.45) is 5.29. The van der Waals surface area contributed by atoms with Crippen molar-refractivity contribution in [1.29, 1.82) is 0 Å². The van der Waals surface area contributed by atoms with E-state index in [1.165, 1.54) is 17.5 Å². The van der Waals surface area contributed by atoms with Crippen LogP contribution in [0.1, 0.15) is 45.3 Å². The molecule has 1 unspecified atom stereocenters. The van der Waals surface area contributed by atoms with Gasteiger partial charge in [0.05, 0.1) is 0 Å². The molecule has 0 aromatic carbocycles. The average Bonchev–Trinajstić information content (AvgIpc) is 2.83. The van der Waals surface area contributed by atoms with Crippen molar-refractivity contribution in [1.82, 2.24) is 20.2 Å². The van der Waals surface area contributed by atoms with Crippen LogP contribution in [0.25, 0.3) is 0 Å². The van der Waals surface area contributed by atoms with E-state index in [1.807, 2.05) is 0 Å². The third kappa shape index (κ3) is 3.40. The lowest BCUT2D eigenvalue weighted by Crippen LogP contribution is -2.24. The maximum atomic E-state index is 11.5. The summed E-state index contributed by atoms with van der Waals surface area (Å²) in [6.45, 7) is 1.66. The zero-order chi connectivity index (χ0) is 12.1. The van der Waals surface area contributed by atoms with Crippen LogP contribution in [0.3, 0.4) is 0 Å². The van der Waals surface area contributed by atoms with E-state index >= 15 is 0 Å². The van der Waals surface area contributed by atoms with Crippen LogP contribution in [-0.4, -0.2) is 32.5 Å². The summed E-state index contributed by atoms with van der Waals surface area (Å²) in [6, 6.07) is 0. The van der Waals surface area contributed by atoms with Crippen molar-refractivity contribution in [2.24, 2.45) is 0 Å². The zero-order valence-electron chi connectivity index (χ0n) is 9.78. The molecule has 0 saturated heterocycles. The predicted octanol–water partition coefficient (Wildman–Crippen LogP) is 1.68. The van der Waals surface area contributed by atoms with E-state index in [1.54, 1.807) is 6.92 Å². The van der Waals surface area contributed by atoms with Gasteiger partial charge in [0.25, 0.3) is 0 Å². The van der Waals surface area contributed by atoms with E-state index in [9.17, 15) is 4.79 Å². The minimum absolute atomic E-state index is 0.00726. The molecule has 1 aliphatic rings. The first-order chi connectivity index (χ1) is 8.25. The summed E-state index contributed by atoms with van der Waals surface area (Å²) in [5, 5.41) is 11.0. The number of carbonyl (C=O) groups excluding carboxylic acids is 1. The molecule has 7 heteroatoms. The third-order valence-corrected chi connectivity index (χ3v) is 2.77. The molecule has 1 aromatic rings. The summed E-state index contributed by atoms with van der Waals surface area (Å²) in [4.78, 5) is 12.7. The zero-order valence-corrected chi connectivity index (χ0v) is 9.78. The Labute approximate surface area is 99.1 Å². The van der Waals surface area contributed by atoms with Gasteiger partial charge in [0.15, 0.2) is 6.33 Å². The first kappa shape index (κ1) is 11.8. The smallest absolute Gasteiger partial charge is 0.431 e. The van der Waals surface area contributed by atoms with Crippen LogP contribution in [0, 0.1) is 0 Å². The molecule has 1 atom stereocenters. The van der Waals surface area contributed by atoms with Crippen LogP contribution >= 0.6 is 0 Å². The lowest BCUT2D eigenvalue weighted by Gasteiger charge is -2.22. The van der Waals surface area contributed by atoms with Crippen LogP contribution in [-0.2, 0) is 9.47 Å². The van der Waals surface area contributed by atoms with Gasteiger partial charge in [-0.15, -0.1) is 15.0 Å². The number of hydrogen-bond acceptors (Lipinski definition) is 6. The molecule has 0 amide bonds. The highest BCUT2D eigenvalue weighted by Gasteiger charge is 2.20. The number of carbonyl (C=O) groups is 1. The van der Waals surface area contributed by atoms with Gasteiger partial charge in [-0.05, 0) is 37.8 Å². The molecule has 0 spiro atoms. The van der Waals surface area contributed by atoms with Crippen molar-refractivity contribution in [2.45, 2.75) is 51.4 Å². The molecule has 1 saturated carbocycles. The highest BCUT2D eigenvalue weighted by Crippen LogP contribution is 2.21. The minimum atomic E-state index is -0.665. The SMILES string of the molecule is CC(OC(=O)OC1CCCCC1)n1ncnn1. The lowest BCUT2D eigenvalue weighted by molar-refractivity contribution is -0.0331. The van der Waals surface area contributed by atoms with Gasteiger partial charge in [0.1, 0.15) is 6.10 Å². The molecule has 94 valence electrons. The summed E-state index contributed by atoms with van der Waals surface area (Å²) in [5.41, 5.74) is 0. The van der Waals surface area contributed by atoms with Crippen LogP contribution in [0.15, 0.2) is 6.33 Å². The van der Waals surface area contributed by atoms with Crippen LogP contribution in [0.5, 0.6) is 0 Å². The van der Waals surface area contributed by atoms with E-state index in [2.05, 4.69) is 15.4 Å². The van der Waals surface area contributed by atoms with Gasteiger partial charge >= 0.3 is 6.16 Å². The Morgan fingerprint density at radius 3 is 2.82 bits per heavy atom. The molecule has 0 aliphatic heterocycles. The van der Waals surface area contributed by atoms with Crippen molar-refractivity contribution in [3.8, 4) is 0 Å². The van der Waals surface area contributed by atoms with Gasteiger partial charge < -0.3 is 9.47 Å². The highest BCUT2D eigenvalue weighted by molar-refractivity contribution is 5.60. The number of ether oxygens (including phenoxy) is 2. The lowest BCUT2D eigenvalue weighted by atomic mass is 9.98. The summed E-state index contributed by atoms with van der Waals surface area (Å²) in [5.74, 6) is 0. The Morgan fingerprint density at radius 1 is 1.41 bits per heavy atom. The molecule has 0 N–H and O–H groups in total. The van der Waals surface area contributed by atoms with Gasteiger partial charge in [-0.1, -0.05) is 6.42 Å². The summed E-state index contributed by atoms with van der Waals surface area (Å²) >= 11 is 0. The Bertz CT molecular complexity index is 348. The molecule has 17 heavy (non-hydrogen) atoms. The topological polar surface area (TPSA) is 79.1 Å². The van der Waals surface area contributed by atoms with Crippen molar-refractivity contribution in [2.75, 3.05) is 0 Å². The quantitative estimate of drug-likeness (QED) is 0.748. The van der Waals surface area contributed by atoms with Crippen LogP contribution in [0.2, 0.25) is 0 Å². The molecule has 1 aromatic heterocycles. The molecule has 1 fully saturated rings. The highest BCUT2D eigenvalue weighted by atomic mass is 16.7. The van der Waals surface area contributed by atoms with E-state index in [4.69, 9.17) is 9.47 Å². The predicted molar refractivity (Wildman–Crippen MR) is 57.0 cm³/mol. The van der Waals surface area contributed by atoms with Crippen molar-refractivity contribution < 1.29 is 14.3 Å². The van der Waals surface area contributed by atoms with Crippen LogP contribution < -0.4 is 0 Å². The maximum Gasteiger partial charge on any atom is 0.510 e. The van der Waals surface area contributed by atoms with Gasteiger partial charge in [-0.3, -0.25) is 0 Å². The maximum absolute atomic E-state index is 11.5. The first-order valence-electron chi connectivity index (χ1n) is 5.85.